The van der Waals surface area contributed by atoms with Crippen molar-refractivity contribution < 1.29 is 9.59 Å². The van der Waals surface area contributed by atoms with Crippen LogP contribution in [0.3, 0.4) is 0 Å². The Labute approximate surface area is 143 Å². The highest BCUT2D eigenvalue weighted by atomic mass is 32.1. The Bertz CT molecular complexity index is 839. The highest BCUT2D eigenvalue weighted by Crippen LogP contribution is 2.24. The summed E-state index contributed by atoms with van der Waals surface area (Å²) < 4.78 is 0. The first-order chi connectivity index (χ1) is 11.5. The number of allylic oxidation sites excluding steroid dienone is 2. The normalized spacial score (nSPS) is 17.0. The van der Waals surface area contributed by atoms with Crippen molar-refractivity contribution in [3.63, 3.8) is 0 Å². The summed E-state index contributed by atoms with van der Waals surface area (Å²) in [5.74, 6) is -0.672. The summed E-state index contributed by atoms with van der Waals surface area (Å²) in [7, 11) is 0. The molecule has 0 radical (unpaired) electrons. The number of pyridine rings is 1. The van der Waals surface area contributed by atoms with Crippen molar-refractivity contribution in [3.05, 3.63) is 59.0 Å². The van der Waals surface area contributed by atoms with Crippen molar-refractivity contribution >= 4 is 23.2 Å². The van der Waals surface area contributed by atoms with E-state index in [4.69, 9.17) is 5.73 Å². The van der Waals surface area contributed by atoms with Crippen molar-refractivity contribution in [2.75, 3.05) is 0 Å². The van der Waals surface area contributed by atoms with Crippen LogP contribution >= 0.6 is 11.3 Å². The van der Waals surface area contributed by atoms with Gasteiger partial charge in [-0.1, -0.05) is 13.0 Å². The van der Waals surface area contributed by atoms with Crippen LogP contribution in [0.4, 0.5) is 0 Å². The minimum Gasteiger partial charge on any atom is -0.366 e. The molecule has 7 heteroatoms. The van der Waals surface area contributed by atoms with Gasteiger partial charge in [0.25, 0.3) is 5.91 Å². The molecule has 6 nitrogen and oxygen atoms in total. The number of primary amides is 1. The Balaban J connectivity index is 1.81. The molecule has 3 N–H and O–H groups in total. The molecular weight excluding hydrogens is 324 g/mol. The molecule has 1 atom stereocenters. The number of nitrogens with zero attached hydrogens (tertiary/aromatic N) is 2. The molecule has 1 aliphatic rings. The molecule has 0 aromatic carbocycles. The summed E-state index contributed by atoms with van der Waals surface area (Å²) in [5.41, 5.74) is 7.43. The quantitative estimate of drug-likeness (QED) is 0.892. The standard InChI is InChI=1S/C17H16N4O2S/c1-10-4-5-13(12(7-10)15(18)22)20-16(23)14-9-24-17(21-14)11-3-2-6-19-8-11/h2-6,8-10H,7H2,1H3,(H2,18,22)(H,20,23)/t10-/m1/s1. The molecule has 24 heavy (non-hydrogen) atoms. The van der Waals surface area contributed by atoms with Gasteiger partial charge in [-0.2, -0.15) is 0 Å². The number of hydrogen-bond acceptors (Lipinski definition) is 5. The van der Waals surface area contributed by atoms with Crippen LogP contribution in [-0.4, -0.2) is 21.8 Å². The summed E-state index contributed by atoms with van der Waals surface area (Å²) in [6.07, 6.45) is 7.54. The third-order valence-corrected chi connectivity index (χ3v) is 4.52. The smallest absolute Gasteiger partial charge is 0.275 e. The summed E-state index contributed by atoms with van der Waals surface area (Å²) in [4.78, 5) is 32.4. The molecule has 0 bridgehead atoms. The van der Waals surface area contributed by atoms with Gasteiger partial charge in [-0.25, -0.2) is 4.98 Å². The van der Waals surface area contributed by atoms with Crippen LogP contribution in [-0.2, 0) is 4.79 Å². The monoisotopic (exact) mass is 340 g/mol. The van der Waals surface area contributed by atoms with Gasteiger partial charge in [0.1, 0.15) is 10.7 Å². The zero-order valence-corrected chi connectivity index (χ0v) is 13.8. The molecular formula is C17H16N4O2S. The lowest BCUT2D eigenvalue weighted by atomic mass is 9.93. The number of amides is 2. The van der Waals surface area contributed by atoms with Gasteiger partial charge in [0.05, 0.1) is 0 Å². The number of nitrogens with one attached hydrogen (secondary N) is 1. The van der Waals surface area contributed by atoms with Crippen LogP contribution in [0.2, 0.25) is 0 Å². The van der Waals surface area contributed by atoms with Gasteiger partial charge < -0.3 is 11.1 Å². The van der Waals surface area contributed by atoms with E-state index in [-0.39, 0.29) is 11.8 Å². The number of thiazole rings is 1. The van der Waals surface area contributed by atoms with E-state index >= 15 is 0 Å². The molecule has 0 spiro atoms. The largest absolute Gasteiger partial charge is 0.366 e. The fraction of sp³-hybridized carbons (Fsp3) is 0.176. The first-order valence-electron chi connectivity index (χ1n) is 7.43. The van der Waals surface area contributed by atoms with Gasteiger partial charge in [-0.3, -0.25) is 14.6 Å². The summed E-state index contributed by atoms with van der Waals surface area (Å²) in [6.45, 7) is 1.98. The molecule has 0 aliphatic heterocycles. The van der Waals surface area contributed by atoms with Crippen LogP contribution in [0.25, 0.3) is 10.6 Å². The summed E-state index contributed by atoms with van der Waals surface area (Å²) >= 11 is 1.36. The molecule has 3 rings (SSSR count). The van der Waals surface area contributed by atoms with Crippen LogP contribution < -0.4 is 11.1 Å². The second kappa shape index (κ2) is 6.76. The zero-order valence-electron chi connectivity index (χ0n) is 13.0. The third kappa shape index (κ3) is 3.41. The van der Waals surface area contributed by atoms with Crippen LogP contribution in [0, 0.1) is 5.92 Å². The molecule has 0 saturated heterocycles. The van der Waals surface area contributed by atoms with Crippen LogP contribution in [0.15, 0.2) is 53.3 Å². The Morgan fingerprint density at radius 3 is 2.96 bits per heavy atom. The lowest BCUT2D eigenvalue weighted by Crippen LogP contribution is -2.29. The minimum atomic E-state index is -0.518. The van der Waals surface area contributed by atoms with Gasteiger partial charge in [-0.05, 0) is 30.5 Å². The number of carbonyl (C=O) groups is 2. The van der Waals surface area contributed by atoms with Crippen molar-refractivity contribution in [1.29, 1.82) is 0 Å². The third-order valence-electron chi connectivity index (χ3n) is 3.63. The number of carbonyl (C=O) groups excluding carboxylic acids is 2. The lowest BCUT2D eigenvalue weighted by molar-refractivity contribution is -0.114. The summed E-state index contributed by atoms with van der Waals surface area (Å²) in [5, 5.41) is 5.12. The van der Waals surface area contributed by atoms with Gasteiger partial charge in [-0.15, -0.1) is 11.3 Å². The number of rotatable bonds is 4. The molecule has 2 heterocycles. The van der Waals surface area contributed by atoms with E-state index in [1.165, 1.54) is 11.3 Å². The van der Waals surface area contributed by atoms with E-state index in [1.54, 1.807) is 23.8 Å². The van der Waals surface area contributed by atoms with Crippen LogP contribution in [0.5, 0.6) is 0 Å². The zero-order chi connectivity index (χ0) is 17.1. The van der Waals surface area contributed by atoms with E-state index in [2.05, 4.69) is 15.3 Å². The second-order valence-electron chi connectivity index (χ2n) is 5.53. The van der Waals surface area contributed by atoms with E-state index in [9.17, 15) is 9.59 Å². The van der Waals surface area contributed by atoms with Gasteiger partial charge in [0.15, 0.2) is 0 Å². The lowest BCUT2D eigenvalue weighted by Gasteiger charge is -2.18. The molecule has 1 aliphatic carbocycles. The Hall–Kier alpha value is -2.80. The highest BCUT2D eigenvalue weighted by Gasteiger charge is 2.20. The van der Waals surface area contributed by atoms with E-state index in [0.717, 1.165) is 5.56 Å². The maximum atomic E-state index is 12.4. The van der Waals surface area contributed by atoms with E-state index in [0.29, 0.717) is 28.4 Å². The van der Waals surface area contributed by atoms with Crippen molar-refractivity contribution in [2.24, 2.45) is 11.7 Å². The van der Waals surface area contributed by atoms with Gasteiger partial charge >= 0.3 is 0 Å². The molecule has 0 saturated carbocycles. The number of hydrogen-bond donors (Lipinski definition) is 2. The van der Waals surface area contributed by atoms with Crippen molar-refractivity contribution in [1.82, 2.24) is 15.3 Å². The average molecular weight is 340 g/mol. The first kappa shape index (κ1) is 16.1. The summed E-state index contributed by atoms with van der Waals surface area (Å²) in [6, 6.07) is 3.70. The Morgan fingerprint density at radius 1 is 1.42 bits per heavy atom. The van der Waals surface area contributed by atoms with E-state index < -0.39 is 5.91 Å². The fourth-order valence-electron chi connectivity index (χ4n) is 2.40. The topological polar surface area (TPSA) is 98.0 Å². The molecule has 0 fully saturated rings. The predicted octanol–water partition coefficient (Wildman–Crippen LogP) is 2.27. The van der Waals surface area contributed by atoms with Crippen molar-refractivity contribution in [3.8, 4) is 10.6 Å². The van der Waals surface area contributed by atoms with Crippen LogP contribution in [0.1, 0.15) is 23.8 Å². The fourth-order valence-corrected chi connectivity index (χ4v) is 3.19. The minimum absolute atomic E-state index is 0.213. The van der Waals surface area contributed by atoms with Crippen molar-refractivity contribution in [2.45, 2.75) is 13.3 Å². The average Bonchev–Trinajstić information content (AvgIpc) is 3.07. The Kier molecular flexibility index (Phi) is 4.52. The molecule has 2 aromatic heterocycles. The van der Waals surface area contributed by atoms with E-state index in [1.807, 2.05) is 25.1 Å². The number of aromatic nitrogens is 2. The Morgan fingerprint density at radius 2 is 2.25 bits per heavy atom. The predicted molar refractivity (Wildman–Crippen MR) is 92.0 cm³/mol. The maximum absolute atomic E-state index is 12.4. The molecule has 122 valence electrons. The number of nitrogens with two attached hydrogens (primary N) is 1. The second-order valence-corrected chi connectivity index (χ2v) is 6.39. The maximum Gasteiger partial charge on any atom is 0.275 e. The van der Waals surface area contributed by atoms with Gasteiger partial charge in [0, 0.05) is 34.6 Å². The molecule has 2 amide bonds. The molecule has 2 aromatic rings. The highest BCUT2D eigenvalue weighted by molar-refractivity contribution is 7.13. The SMILES string of the molecule is C[C@@H]1C=CC(NC(=O)c2csc(-c3cccnc3)n2)=C(C(N)=O)C1. The molecule has 0 unspecified atom stereocenters. The van der Waals surface area contributed by atoms with Gasteiger partial charge in [0.2, 0.25) is 5.91 Å². The first-order valence-corrected chi connectivity index (χ1v) is 8.31.